The van der Waals surface area contributed by atoms with Crippen molar-refractivity contribution in [1.29, 1.82) is 0 Å². The summed E-state index contributed by atoms with van der Waals surface area (Å²) in [5, 5.41) is 22.3. The highest BCUT2D eigenvalue weighted by molar-refractivity contribution is 5.82. The number of hydrogen-bond acceptors (Lipinski definition) is 3. The monoisotopic (exact) mass is 252 g/mol. The van der Waals surface area contributed by atoms with Crippen LogP contribution < -0.4 is 10.6 Å². The molecule has 0 aliphatic heterocycles. The smallest absolute Gasteiger partial charge is 0.326 e. The lowest BCUT2D eigenvalue weighted by Crippen LogP contribution is -2.46. The van der Waals surface area contributed by atoms with Crippen LogP contribution in [-0.2, 0) is 11.3 Å². The number of aliphatic hydroxyl groups is 1. The second-order valence-corrected chi connectivity index (χ2v) is 3.72. The molecule has 0 heterocycles. The van der Waals surface area contributed by atoms with Crippen LogP contribution in [-0.4, -0.2) is 34.9 Å². The minimum atomic E-state index is -1.17. The number of amides is 2. The Morgan fingerprint density at radius 2 is 1.89 bits per heavy atom. The number of aliphatic hydroxyl groups excluding tert-OH is 1. The predicted molar refractivity (Wildman–Crippen MR) is 64.9 cm³/mol. The van der Waals surface area contributed by atoms with E-state index >= 15 is 0 Å². The van der Waals surface area contributed by atoms with E-state index in [1.165, 1.54) is 0 Å². The lowest BCUT2D eigenvalue weighted by atomic mass is 10.2. The number of carbonyl (C=O) groups is 2. The van der Waals surface area contributed by atoms with Gasteiger partial charge in [-0.1, -0.05) is 30.3 Å². The molecule has 0 saturated carbocycles. The molecule has 1 aromatic carbocycles. The first-order chi connectivity index (χ1) is 8.63. The molecule has 0 bridgehead atoms. The number of carboxylic acid groups (broad SMARTS) is 1. The molecule has 18 heavy (non-hydrogen) atoms. The fourth-order valence-electron chi connectivity index (χ4n) is 1.37. The first kappa shape index (κ1) is 14.0. The molecule has 0 aromatic heterocycles. The van der Waals surface area contributed by atoms with Crippen LogP contribution in [0.5, 0.6) is 0 Å². The topological polar surface area (TPSA) is 98.7 Å². The second-order valence-electron chi connectivity index (χ2n) is 3.72. The molecule has 0 unspecified atom stereocenters. The van der Waals surface area contributed by atoms with E-state index in [1.54, 1.807) is 0 Å². The van der Waals surface area contributed by atoms with Crippen molar-refractivity contribution in [2.45, 2.75) is 19.0 Å². The van der Waals surface area contributed by atoms with E-state index in [9.17, 15) is 9.59 Å². The zero-order valence-corrected chi connectivity index (χ0v) is 9.80. The van der Waals surface area contributed by atoms with Gasteiger partial charge >= 0.3 is 12.0 Å². The van der Waals surface area contributed by atoms with Gasteiger partial charge in [0.1, 0.15) is 6.04 Å². The predicted octanol–water partition coefficient (Wildman–Crippen LogP) is 0.321. The van der Waals surface area contributed by atoms with Gasteiger partial charge in [-0.3, -0.25) is 0 Å². The van der Waals surface area contributed by atoms with Crippen LogP contribution in [0, 0.1) is 0 Å². The standard InChI is InChI=1S/C12H16N2O4/c15-7-6-10(11(16)17)14-12(18)13-8-9-4-2-1-3-5-9/h1-5,10,15H,6-8H2,(H,16,17)(H2,13,14,18)/t10-/m0/s1. The zero-order chi connectivity index (χ0) is 13.4. The largest absolute Gasteiger partial charge is 0.480 e. The molecule has 1 atom stereocenters. The molecule has 0 aliphatic carbocycles. The number of nitrogens with one attached hydrogen (secondary N) is 2. The number of benzene rings is 1. The van der Waals surface area contributed by atoms with Gasteiger partial charge in [-0.25, -0.2) is 9.59 Å². The van der Waals surface area contributed by atoms with E-state index in [-0.39, 0.29) is 13.0 Å². The van der Waals surface area contributed by atoms with Crippen LogP contribution in [0.4, 0.5) is 4.79 Å². The molecule has 0 radical (unpaired) electrons. The minimum absolute atomic E-state index is 0.0198. The third kappa shape index (κ3) is 4.84. The molecular weight excluding hydrogens is 236 g/mol. The van der Waals surface area contributed by atoms with Crippen LogP contribution in [0.3, 0.4) is 0 Å². The van der Waals surface area contributed by atoms with E-state index in [4.69, 9.17) is 10.2 Å². The number of urea groups is 1. The Morgan fingerprint density at radius 1 is 1.22 bits per heavy atom. The quantitative estimate of drug-likeness (QED) is 0.586. The van der Waals surface area contributed by atoms with Gasteiger partial charge in [-0.15, -0.1) is 0 Å². The maximum Gasteiger partial charge on any atom is 0.326 e. The van der Waals surface area contributed by atoms with E-state index in [2.05, 4.69) is 10.6 Å². The van der Waals surface area contributed by atoms with Crippen molar-refractivity contribution in [1.82, 2.24) is 10.6 Å². The van der Waals surface area contributed by atoms with Crippen molar-refractivity contribution < 1.29 is 19.8 Å². The molecule has 0 fully saturated rings. The summed E-state index contributed by atoms with van der Waals surface area (Å²) < 4.78 is 0. The van der Waals surface area contributed by atoms with Gasteiger partial charge < -0.3 is 20.8 Å². The lowest BCUT2D eigenvalue weighted by Gasteiger charge is -2.13. The van der Waals surface area contributed by atoms with Crippen LogP contribution in [0.2, 0.25) is 0 Å². The summed E-state index contributed by atoms with van der Waals surface area (Å²) >= 11 is 0. The highest BCUT2D eigenvalue weighted by Gasteiger charge is 2.18. The first-order valence-electron chi connectivity index (χ1n) is 5.55. The second kappa shape index (κ2) is 7.29. The fraction of sp³-hybridized carbons (Fsp3) is 0.333. The average molecular weight is 252 g/mol. The number of rotatable bonds is 6. The molecule has 98 valence electrons. The molecular formula is C12H16N2O4. The summed E-state index contributed by atoms with van der Waals surface area (Å²) in [4.78, 5) is 22.2. The Morgan fingerprint density at radius 3 is 2.44 bits per heavy atom. The third-order valence-electron chi connectivity index (χ3n) is 2.32. The Kier molecular flexibility index (Phi) is 5.66. The van der Waals surface area contributed by atoms with E-state index in [0.717, 1.165) is 5.56 Å². The highest BCUT2D eigenvalue weighted by Crippen LogP contribution is 1.97. The normalized spacial score (nSPS) is 11.6. The molecule has 4 N–H and O–H groups in total. The molecule has 6 heteroatoms. The fourth-order valence-corrected chi connectivity index (χ4v) is 1.37. The van der Waals surface area contributed by atoms with Crippen LogP contribution in [0.25, 0.3) is 0 Å². The summed E-state index contributed by atoms with van der Waals surface area (Å²) in [6.07, 6.45) is -0.0198. The van der Waals surface area contributed by atoms with Gasteiger partial charge in [0.25, 0.3) is 0 Å². The Labute approximate surface area is 105 Å². The van der Waals surface area contributed by atoms with Gasteiger partial charge in [0.15, 0.2) is 0 Å². The van der Waals surface area contributed by atoms with Crippen molar-refractivity contribution in [2.75, 3.05) is 6.61 Å². The van der Waals surface area contributed by atoms with Crippen LogP contribution in [0.15, 0.2) is 30.3 Å². The molecule has 2 amide bonds. The molecule has 6 nitrogen and oxygen atoms in total. The van der Waals surface area contributed by atoms with E-state index < -0.39 is 18.0 Å². The van der Waals surface area contributed by atoms with Gasteiger partial charge in [-0.2, -0.15) is 0 Å². The van der Waals surface area contributed by atoms with E-state index in [0.29, 0.717) is 6.54 Å². The summed E-state index contributed by atoms with van der Waals surface area (Å²) in [5.41, 5.74) is 0.918. The molecule has 0 saturated heterocycles. The molecule has 0 aliphatic rings. The van der Waals surface area contributed by atoms with Crippen LogP contribution >= 0.6 is 0 Å². The van der Waals surface area contributed by atoms with Gasteiger partial charge in [0.2, 0.25) is 0 Å². The SMILES string of the molecule is O=C(NCc1ccccc1)N[C@@H](CCO)C(=O)O. The number of carboxylic acids is 1. The van der Waals surface area contributed by atoms with Gasteiger partial charge in [0, 0.05) is 19.6 Å². The summed E-state index contributed by atoms with van der Waals surface area (Å²) in [7, 11) is 0. The van der Waals surface area contributed by atoms with E-state index in [1.807, 2.05) is 30.3 Å². The number of hydrogen-bond donors (Lipinski definition) is 4. The highest BCUT2D eigenvalue weighted by atomic mass is 16.4. The first-order valence-corrected chi connectivity index (χ1v) is 5.55. The van der Waals surface area contributed by atoms with Crippen molar-refractivity contribution in [2.24, 2.45) is 0 Å². The summed E-state index contributed by atoms with van der Waals surface area (Å²) in [5.74, 6) is -1.17. The number of carbonyl (C=O) groups excluding carboxylic acids is 1. The minimum Gasteiger partial charge on any atom is -0.480 e. The lowest BCUT2D eigenvalue weighted by molar-refractivity contribution is -0.139. The Hall–Kier alpha value is -2.08. The van der Waals surface area contributed by atoms with Gasteiger partial charge in [-0.05, 0) is 5.56 Å². The molecule has 0 spiro atoms. The van der Waals surface area contributed by atoms with Crippen molar-refractivity contribution >= 4 is 12.0 Å². The maximum atomic E-state index is 11.4. The van der Waals surface area contributed by atoms with Gasteiger partial charge in [0.05, 0.1) is 0 Å². The zero-order valence-electron chi connectivity index (χ0n) is 9.80. The maximum absolute atomic E-state index is 11.4. The third-order valence-corrected chi connectivity index (χ3v) is 2.32. The molecule has 1 rings (SSSR count). The van der Waals surface area contributed by atoms with Crippen molar-refractivity contribution in [3.8, 4) is 0 Å². The summed E-state index contributed by atoms with van der Waals surface area (Å²) in [6, 6.07) is 7.61. The summed E-state index contributed by atoms with van der Waals surface area (Å²) in [6.45, 7) is 0.0219. The van der Waals surface area contributed by atoms with Crippen molar-refractivity contribution in [3.63, 3.8) is 0 Å². The number of aliphatic carboxylic acids is 1. The Bertz CT molecular complexity index is 394. The molecule has 1 aromatic rings. The van der Waals surface area contributed by atoms with Crippen molar-refractivity contribution in [3.05, 3.63) is 35.9 Å². The Balaban J connectivity index is 2.39. The average Bonchev–Trinajstić information content (AvgIpc) is 2.37. The van der Waals surface area contributed by atoms with Crippen LogP contribution in [0.1, 0.15) is 12.0 Å².